The van der Waals surface area contributed by atoms with Crippen LogP contribution in [0.2, 0.25) is 0 Å². The summed E-state index contributed by atoms with van der Waals surface area (Å²) in [6.45, 7) is 4.04. The van der Waals surface area contributed by atoms with E-state index in [9.17, 15) is 0 Å². The van der Waals surface area contributed by atoms with Crippen molar-refractivity contribution in [3.8, 4) is 0 Å². The Bertz CT molecular complexity index is 674. The summed E-state index contributed by atoms with van der Waals surface area (Å²) in [7, 11) is 0. The van der Waals surface area contributed by atoms with E-state index in [-0.39, 0.29) is 0 Å². The summed E-state index contributed by atoms with van der Waals surface area (Å²) in [4.78, 5) is 8.94. The molecule has 0 aliphatic heterocycles. The summed E-state index contributed by atoms with van der Waals surface area (Å²) in [6.07, 6.45) is 2.03. The van der Waals surface area contributed by atoms with E-state index < -0.39 is 0 Å². The molecule has 5 nitrogen and oxygen atoms in total. The van der Waals surface area contributed by atoms with Crippen LogP contribution in [-0.4, -0.2) is 24.6 Å². The second-order valence-corrected chi connectivity index (χ2v) is 5.99. The van der Waals surface area contributed by atoms with Crippen molar-refractivity contribution in [1.29, 1.82) is 0 Å². The van der Waals surface area contributed by atoms with Crippen molar-refractivity contribution in [1.82, 2.24) is 24.6 Å². The molecule has 3 heterocycles. The second-order valence-electron chi connectivity index (χ2n) is 3.93. The molecule has 0 saturated carbocycles. The number of imidazole rings is 1. The first-order chi connectivity index (χ1) is 8.72. The first kappa shape index (κ1) is 11.6. The highest BCUT2D eigenvalue weighted by Crippen LogP contribution is 2.23. The van der Waals surface area contributed by atoms with Crippen LogP contribution in [0, 0.1) is 13.8 Å². The predicted molar refractivity (Wildman–Crippen MR) is 71.9 cm³/mol. The van der Waals surface area contributed by atoms with Gasteiger partial charge < -0.3 is 0 Å². The molecule has 3 aromatic heterocycles. The monoisotopic (exact) mass is 277 g/mol. The maximum atomic E-state index is 4.52. The fourth-order valence-corrected chi connectivity index (χ4v) is 3.12. The smallest absolute Gasteiger partial charge is 0.234 e. The third kappa shape index (κ3) is 2.23. The van der Waals surface area contributed by atoms with Gasteiger partial charge in [0.1, 0.15) is 5.51 Å². The van der Waals surface area contributed by atoms with Gasteiger partial charge in [-0.15, -0.1) is 10.2 Å². The number of aromatic nitrogens is 5. The zero-order chi connectivity index (χ0) is 12.5. The molecule has 0 saturated heterocycles. The van der Waals surface area contributed by atoms with E-state index in [0.717, 1.165) is 33.0 Å². The molecular formula is C11H11N5S2. The van der Waals surface area contributed by atoms with Gasteiger partial charge in [0.05, 0.1) is 5.69 Å². The van der Waals surface area contributed by atoms with Gasteiger partial charge in [0.25, 0.3) is 0 Å². The largest absolute Gasteiger partial charge is 0.288 e. The van der Waals surface area contributed by atoms with Crippen molar-refractivity contribution in [2.75, 3.05) is 0 Å². The second kappa shape index (κ2) is 4.66. The van der Waals surface area contributed by atoms with Crippen LogP contribution in [0.25, 0.3) is 5.78 Å². The molecule has 0 N–H and O–H groups in total. The van der Waals surface area contributed by atoms with Crippen LogP contribution < -0.4 is 0 Å². The SMILES string of the molecule is Cc1cc(C)n2cc(CSc3nncs3)nc2n1. The van der Waals surface area contributed by atoms with Gasteiger partial charge in [0.15, 0.2) is 4.34 Å². The van der Waals surface area contributed by atoms with Crippen LogP contribution in [0.15, 0.2) is 22.1 Å². The zero-order valence-electron chi connectivity index (χ0n) is 9.99. The topological polar surface area (TPSA) is 56.0 Å². The van der Waals surface area contributed by atoms with Gasteiger partial charge in [-0.2, -0.15) is 0 Å². The minimum atomic E-state index is 0.764. The van der Waals surface area contributed by atoms with Gasteiger partial charge in [-0.3, -0.25) is 4.40 Å². The van der Waals surface area contributed by atoms with Crippen LogP contribution in [0.3, 0.4) is 0 Å². The van der Waals surface area contributed by atoms with Crippen LogP contribution in [0.5, 0.6) is 0 Å². The third-order valence-electron chi connectivity index (χ3n) is 2.49. The van der Waals surface area contributed by atoms with E-state index in [1.807, 2.05) is 17.5 Å². The molecule has 0 aliphatic rings. The van der Waals surface area contributed by atoms with E-state index in [1.165, 1.54) is 0 Å². The minimum absolute atomic E-state index is 0.764. The summed E-state index contributed by atoms with van der Waals surface area (Å²) >= 11 is 3.19. The van der Waals surface area contributed by atoms with Gasteiger partial charge in [-0.05, 0) is 19.9 Å². The van der Waals surface area contributed by atoms with E-state index in [2.05, 4.69) is 33.2 Å². The minimum Gasteiger partial charge on any atom is -0.288 e. The molecule has 0 amide bonds. The first-order valence-corrected chi connectivity index (χ1v) is 7.30. The maximum Gasteiger partial charge on any atom is 0.234 e. The Morgan fingerprint density at radius 2 is 2.22 bits per heavy atom. The average molecular weight is 277 g/mol. The molecule has 0 fully saturated rings. The van der Waals surface area contributed by atoms with Crippen LogP contribution >= 0.6 is 23.1 Å². The summed E-state index contributed by atoms with van der Waals surface area (Å²) < 4.78 is 2.98. The highest BCUT2D eigenvalue weighted by atomic mass is 32.2. The van der Waals surface area contributed by atoms with Gasteiger partial charge in [-0.1, -0.05) is 23.1 Å². The van der Waals surface area contributed by atoms with Crippen LogP contribution in [0.4, 0.5) is 0 Å². The Morgan fingerprint density at radius 3 is 3.00 bits per heavy atom. The number of hydrogen-bond acceptors (Lipinski definition) is 6. The Morgan fingerprint density at radius 1 is 1.33 bits per heavy atom. The number of hydrogen-bond donors (Lipinski definition) is 0. The molecule has 0 aromatic carbocycles. The summed E-state index contributed by atoms with van der Waals surface area (Å²) in [6, 6.07) is 2.05. The highest BCUT2D eigenvalue weighted by Gasteiger charge is 2.07. The third-order valence-corrected chi connectivity index (χ3v) is 4.39. The molecule has 0 atom stereocenters. The summed E-state index contributed by atoms with van der Waals surface area (Å²) in [5.41, 5.74) is 4.89. The Balaban J connectivity index is 1.87. The maximum absolute atomic E-state index is 4.52. The van der Waals surface area contributed by atoms with Crippen molar-refractivity contribution in [2.24, 2.45) is 0 Å². The zero-order valence-corrected chi connectivity index (χ0v) is 11.6. The van der Waals surface area contributed by atoms with Crippen molar-refractivity contribution in [3.63, 3.8) is 0 Å². The summed E-state index contributed by atoms with van der Waals surface area (Å²) in [5, 5.41) is 7.81. The number of thioether (sulfide) groups is 1. The molecule has 0 unspecified atom stereocenters. The van der Waals surface area contributed by atoms with Gasteiger partial charge >= 0.3 is 0 Å². The van der Waals surface area contributed by atoms with Crippen LogP contribution in [-0.2, 0) is 5.75 Å². The van der Waals surface area contributed by atoms with E-state index in [0.29, 0.717) is 0 Å². The Hall–Kier alpha value is -1.47. The average Bonchev–Trinajstić information content (AvgIpc) is 2.93. The Kier molecular flexibility index (Phi) is 3.00. The summed E-state index contributed by atoms with van der Waals surface area (Å²) in [5.74, 6) is 1.55. The van der Waals surface area contributed by atoms with Crippen molar-refractivity contribution < 1.29 is 0 Å². The normalized spacial score (nSPS) is 11.2. The molecular weight excluding hydrogens is 266 g/mol. The highest BCUT2D eigenvalue weighted by molar-refractivity contribution is 8.00. The van der Waals surface area contributed by atoms with Gasteiger partial charge in [0, 0.05) is 23.3 Å². The van der Waals surface area contributed by atoms with Crippen molar-refractivity contribution >= 4 is 28.9 Å². The predicted octanol–water partition coefficient (Wildman–Crippen LogP) is 2.49. The number of aryl methyl sites for hydroxylation is 2. The lowest BCUT2D eigenvalue weighted by Gasteiger charge is -1.98. The molecule has 3 rings (SSSR count). The van der Waals surface area contributed by atoms with Gasteiger partial charge in [0.2, 0.25) is 5.78 Å². The van der Waals surface area contributed by atoms with E-state index >= 15 is 0 Å². The molecule has 7 heteroatoms. The molecule has 0 aliphatic carbocycles. The first-order valence-electron chi connectivity index (χ1n) is 5.43. The molecule has 0 bridgehead atoms. The lowest BCUT2D eigenvalue weighted by atomic mass is 10.3. The van der Waals surface area contributed by atoms with E-state index in [1.54, 1.807) is 28.6 Å². The lowest BCUT2D eigenvalue weighted by Crippen LogP contribution is -1.94. The van der Waals surface area contributed by atoms with Crippen LogP contribution in [0.1, 0.15) is 17.1 Å². The molecule has 3 aromatic rings. The molecule has 92 valence electrons. The van der Waals surface area contributed by atoms with Gasteiger partial charge in [-0.25, -0.2) is 9.97 Å². The van der Waals surface area contributed by atoms with Crippen molar-refractivity contribution in [3.05, 3.63) is 34.9 Å². The molecule has 0 spiro atoms. The number of nitrogens with zero attached hydrogens (tertiary/aromatic N) is 5. The quantitative estimate of drug-likeness (QED) is 0.688. The molecule has 18 heavy (non-hydrogen) atoms. The van der Waals surface area contributed by atoms with Crippen molar-refractivity contribution in [2.45, 2.75) is 23.9 Å². The lowest BCUT2D eigenvalue weighted by molar-refractivity contribution is 1.01. The fourth-order valence-electron chi connectivity index (χ4n) is 1.75. The molecule has 0 radical (unpaired) electrons. The number of fused-ring (bicyclic) bond motifs is 1. The fraction of sp³-hybridized carbons (Fsp3) is 0.273. The van der Waals surface area contributed by atoms with E-state index in [4.69, 9.17) is 0 Å². The Labute approximate surface area is 112 Å². The number of rotatable bonds is 3. The standard InChI is InChI=1S/C11H11N5S2/c1-7-3-8(2)16-4-9(14-10(16)13-7)5-17-11-15-12-6-18-11/h3-4,6H,5H2,1-2H3.